The summed E-state index contributed by atoms with van der Waals surface area (Å²) >= 11 is 0. The van der Waals surface area contributed by atoms with Crippen molar-refractivity contribution in [1.29, 1.82) is 0 Å². The largest absolute Gasteiger partial charge is 0.480 e. The maximum atomic E-state index is 10.2. The van der Waals surface area contributed by atoms with Crippen LogP contribution in [0.25, 0.3) is 0 Å². The molecule has 0 aliphatic rings. The molecule has 6 heteroatoms. The molecule has 1 atom stereocenters. The van der Waals surface area contributed by atoms with E-state index in [1.165, 1.54) is 0 Å². The van der Waals surface area contributed by atoms with Gasteiger partial charge in [0.1, 0.15) is 6.04 Å². The Bertz CT molecular complexity index is 159. The molecule has 0 aromatic heterocycles. The first kappa shape index (κ1) is 9.70. The lowest BCUT2D eigenvalue weighted by molar-refractivity contribution is -0.139. The number of urea groups is 1. The van der Waals surface area contributed by atoms with E-state index in [0.717, 1.165) is 0 Å². The summed E-state index contributed by atoms with van der Waals surface area (Å²) in [5, 5.41) is 18.7. The molecule has 64 valence electrons. The highest BCUT2D eigenvalue weighted by Crippen LogP contribution is 1.89. The van der Waals surface area contributed by atoms with Crippen molar-refractivity contribution in [3.63, 3.8) is 0 Å². The monoisotopic (exact) mass is 162 g/mol. The quantitative estimate of drug-likeness (QED) is 0.402. The topological polar surface area (TPSA) is 113 Å². The highest BCUT2D eigenvalue weighted by molar-refractivity contribution is 5.81. The molecule has 0 rings (SSSR count). The zero-order chi connectivity index (χ0) is 8.85. The number of hydrogen-bond acceptors (Lipinski definition) is 3. The predicted octanol–water partition coefficient (Wildman–Crippen LogP) is -1.51. The lowest BCUT2D eigenvalue weighted by atomic mass is 10.2. The second kappa shape index (κ2) is 4.51. The van der Waals surface area contributed by atoms with Crippen molar-refractivity contribution < 1.29 is 19.8 Å². The van der Waals surface area contributed by atoms with Gasteiger partial charge in [-0.2, -0.15) is 0 Å². The van der Waals surface area contributed by atoms with Gasteiger partial charge < -0.3 is 21.3 Å². The Morgan fingerprint density at radius 3 is 2.36 bits per heavy atom. The van der Waals surface area contributed by atoms with Gasteiger partial charge in [0.05, 0.1) is 0 Å². The summed E-state index contributed by atoms with van der Waals surface area (Å²) in [4.78, 5) is 20.4. The van der Waals surface area contributed by atoms with Crippen molar-refractivity contribution in [1.82, 2.24) is 5.32 Å². The molecule has 6 nitrogen and oxygen atoms in total. The zero-order valence-electron chi connectivity index (χ0n) is 5.78. The SMILES string of the molecule is NC(=O)N[C@@H](CCO)C(=O)O. The summed E-state index contributed by atoms with van der Waals surface area (Å²) in [5.74, 6) is -1.21. The average Bonchev–Trinajstić information content (AvgIpc) is 1.86. The van der Waals surface area contributed by atoms with E-state index in [9.17, 15) is 9.59 Å². The van der Waals surface area contributed by atoms with Gasteiger partial charge in [-0.05, 0) is 0 Å². The lowest BCUT2D eigenvalue weighted by Gasteiger charge is -2.09. The minimum Gasteiger partial charge on any atom is -0.480 e. The first-order chi connectivity index (χ1) is 5.07. The Hall–Kier alpha value is -1.30. The van der Waals surface area contributed by atoms with Crippen LogP contribution < -0.4 is 11.1 Å². The molecule has 5 N–H and O–H groups in total. The Morgan fingerprint density at radius 1 is 1.55 bits per heavy atom. The summed E-state index contributed by atoms with van der Waals surface area (Å²) in [6, 6.07) is -2.01. The molecule has 0 aliphatic carbocycles. The summed E-state index contributed by atoms with van der Waals surface area (Å²) in [6.45, 7) is -0.308. The molecule has 2 amide bonds. The van der Waals surface area contributed by atoms with Crippen LogP contribution in [0, 0.1) is 0 Å². The van der Waals surface area contributed by atoms with Gasteiger partial charge in [-0.25, -0.2) is 9.59 Å². The van der Waals surface area contributed by atoms with Crippen molar-refractivity contribution >= 4 is 12.0 Å². The Labute approximate surface area is 63.0 Å². The summed E-state index contributed by atoms with van der Waals surface area (Å²) in [6.07, 6.45) is -0.0434. The number of hydrogen-bond donors (Lipinski definition) is 4. The number of nitrogens with two attached hydrogens (primary N) is 1. The summed E-state index contributed by atoms with van der Waals surface area (Å²) in [7, 11) is 0. The molecule has 0 heterocycles. The maximum Gasteiger partial charge on any atom is 0.326 e. The third-order valence-corrected chi connectivity index (χ3v) is 1.03. The number of aliphatic hydroxyl groups is 1. The molecule has 0 spiro atoms. The van der Waals surface area contributed by atoms with Gasteiger partial charge in [0.15, 0.2) is 0 Å². The van der Waals surface area contributed by atoms with Crippen LogP contribution in [0.4, 0.5) is 4.79 Å². The van der Waals surface area contributed by atoms with E-state index in [0.29, 0.717) is 0 Å². The number of rotatable bonds is 4. The van der Waals surface area contributed by atoms with E-state index in [1.807, 2.05) is 5.32 Å². The molecule has 11 heavy (non-hydrogen) atoms. The number of primary amides is 1. The number of nitrogens with one attached hydrogen (secondary N) is 1. The first-order valence-corrected chi connectivity index (χ1v) is 2.97. The number of aliphatic carboxylic acids is 1. The van der Waals surface area contributed by atoms with Crippen molar-refractivity contribution in [2.45, 2.75) is 12.5 Å². The minimum atomic E-state index is -1.21. The maximum absolute atomic E-state index is 10.2. The van der Waals surface area contributed by atoms with E-state index in [-0.39, 0.29) is 13.0 Å². The van der Waals surface area contributed by atoms with Crippen LogP contribution in [0.1, 0.15) is 6.42 Å². The fourth-order valence-corrected chi connectivity index (χ4v) is 0.558. The molecule has 0 radical (unpaired) electrons. The molecule has 0 saturated heterocycles. The molecular formula is C5H10N2O4. The van der Waals surface area contributed by atoms with Crippen LogP contribution in [-0.2, 0) is 4.79 Å². The van der Waals surface area contributed by atoms with Crippen LogP contribution in [0.3, 0.4) is 0 Å². The molecule has 0 unspecified atom stereocenters. The number of aliphatic hydroxyl groups excluding tert-OH is 1. The number of carbonyl (C=O) groups excluding carboxylic acids is 1. The van der Waals surface area contributed by atoms with Gasteiger partial charge in [0, 0.05) is 13.0 Å². The second-order valence-electron chi connectivity index (χ2n) is 1.91. The van der Waals surface area contributed by atoms with Gasteiger partial charge in [-0.15, -0.1) is 0 Å². The molecule has 0 aliphatic heterocycles. The molecule has 0 aromatic rings. The van der Waals surface area contributed by atoms with E-state index < -0.39 is 18.0 Å². The number of carbonyl (C=O) groups is 2. The van der Waals surface area contributed by atoms with Crippen molar-refractivity contribution in [3.05, 3.63) is 0 Å². The predicted molar refractivity (Wildman–Crippen MR) is 35.8 cm³/mol. The minimum absolute atomic E-state index is 0.0434. The van der Waals surface area contributed by atoms with Crippen LogP contribution in [0.2, 0.25) is 0 Å². The van der Waals surface area contributed by atoms with Crippen LogP contribution in [0.5, 0.6) is 0 Å². The van der Waals surface area contributed by atoms with Gasteiger partial charge in [0.25, 0.3) is 0 Å². The fraction of sp³-hybridized carbons (Fsp3) is 0.600. The van der Waals surface area contributed by atoms with E-state index in [1.54, 1.807) is 0 Å². The number of amides is 2. The number of carboxylic acids is 1. The normalized spacial score (nSPS) is 12.1. The average molecular weight is 162 g/mol. The van der Waals surface area contributed by atoms with Crippen molar-refractivity contribution in [3.8, 4) is 0 Å². The molecule has 0 saturated carbocycles. The molecule has 0 bridgehead atoms. The lowest BCUT2D eigenvalue weighted by Crippen LogP contribution is -2.44. The van der Waals surface area contributed by atoms with E-state index >= 15 is 0 Å². The highest BCUT2D eigenvalue weighted by Gasteiger charge is 2.17. The standard InChI is InChI=1S/C5H10N2O4/c6-5(11)7-3(1-2-8)4(9)10/h3,8H,1-2H2,(H,9,10)(H3,6,7,11)/t3-/m0/s1. The van der Waals surface area contributed by atoms with Gasteiger partial charge in [-0.3, -0.25) is 0 Å². The van der Waals surface area contributed by atoms with E-state index in [2.05, 4.69) is 5.73 Å². The van der Waals surface area contributed by atoms with Crippen LogP contribution >= 0.6 is 0 Å². The third kappa shape index (κ3) is 4.15. The smallest absolute Gasteiger partial charge is 0.326 e. The Balaban J connectivity index is 3.89. The Kier molecular flexibility index (Phi) is 3.97. The van der Waals surface area contributed by atoms with E-state index in [4.69, 9.17) is 10.2 Å². The fourth-order valence-electron chi connectivity index (χ4n) is 0.558. The Morgan fingerprint density at radius 2 is 2.09 bits per heavy atom. The van der Waals surface area contributed by atoms with Gasteiger partial charge >= 0.3 is 12.0 Å². The van der Waals surface area contributed by atoms with Crippen LogP contribution in [0.15, 0.2) is 0 Å². The molecular weight excluding hydrogens is 152 g/mol. The van der Waals surface area contributed by atoms with Crippen molar-refractivity contribution in [2.75, 3.05) is 6.61 Å². The van der Waals surface area contributed by atoms with Crippen molar-refractivity contribution in [2.24, 2.45) is 5.73 Å². The second-order valence-corrected chi connectivity index (χ2v) is 1.91. The zero-order valence-corrected chi connectivity index (χ0v) is 5.78. The van der Waals surface area contributed by atoms with Crippen LogP contribution in [-0.4, -0.2) is 34.9 Å². The molecule has 0 fully saturated rings. The third-order valence-electron chi connectivity index (χ3n) is 1.03. The summed E-state index contributed by atoms with van der Waals surface area (Å²) in [5.41, 5.74) is 4.67. The first-order valence-electron chi connectivity index (χ1n) is 2.97. The number of carboxylic acid groups (broad SMARTS) is 1. The van der Waals surface area contributed by atoms with Gasteiger partial charge in [0.2, 0.25) is 0 Å². The molecule has 0 aromatic carbocycles. The summed E-state index contributed by atoms with van der Waals surface area (Å²) < 4.78 is 0. The van der Waals surface area contributed by atoms with Gasteiger partial charge in [-0.1, -0.05) is 0 Å². The highest BCUT2D eigenvalue weighted by atomic mass is 16.4.